The number of rotatable bonds is 9. The minimum absolute atomic E-state index is 0.500. The highest BCUT2D eigenvalue weighted by atomic mass is 15.3. The summed E-state index contributed by atoms with van der Waals surface area (Å²) in [5.41, 5.74) is 1.23. The molecule has 0 aromatic carbocycles. The van der Waals surface area contributed by atoms with Gasteiger partial charge in [-0.05, 0) is 56.7 Å². The molecule has 1 N–H and O–H groups in total. The quantitative estimate of drug-likeness (QED) is 0.742. The predicted octanol–water partition coefficient (Wildman–Crippen LogP) is 3.91. The number of hydrogen-bond donors (Lipinski definition) is 1. The molecule has 0 spiro atoms. The van der Waals surface area contributed by atoms with Crippen LogP contribution in [0, 0.1) is 17.8 Å². The second-order valence-corrected chi connectivity index (χ2v) is 6.80. The van der Waals surface area contributed by atoms with Gasteiger partial charge in [-0.2, -0.15) is 5.10 Å². The van der Waals surface area contributed by atoms with Crippen LogP contribution in [0.3, 0.4) is 0 Å². The van der Waals surface area contributed by atoms with Crippen LogP contribution in [0.4, 0.5) is 0 Å². The first-order valence-electron chi connectivity index (χ1n) is 8.18. The molecule has 0 aliphatic rings. The van der Waals surface area contributed by atoms with Crippen LogP contribution < -0.4 is 5.32 Å². The summed E-state index contributed by atoms with van der Waals surface area (Å²) in [5, 5.41) is 8.33. The van der Waals surface area contributed by atoms with Crippen LogP contribution in [0.2, 0.25) is 0 Å². The van der Waals surface area contributed by atoms with E-state index in [0.29, 0.717) is 23.8 Å². The Morgan fingerprint density at radius 2 is 1.85 bits per heavy atom. The summed E-state index contributed by atoms with van der Waals surface area (Å²) >= 11 is 0. The molecular weight excluding hydrogens is 246 g/mol. The molecule has 2 unspecified atom stereocenters. The van der Waals surface area contributed by atoms with E-state index in [1.54, 1.807) is 0 Å². The molecule has 0 fully saturated rings. The zero-order chi connectivity index (χ0) is 15.1. The van der Waals surface area contributed by atoms with E-state index < -0.39 is 0 Å². The van der Waals surface area contributed by atoms with Crippen molar-refractivity contribution in [2.45, 2.75) is 60.4 Å². The van der Waals surface area contributed by atoms with Crippen molar-refractivity contribution in [1.29, 1.82) is 0 Å². The molecule has 0 amide bonds. The van der Waals surface area contributed by atoms with Crippen molar-refractivity contribution in [2.75, 3.05) is 13.1 Å². The molecule has 0 saturated carbocycles. The van der Waals surface area contributed by atoms with Gasteiger partial charge >= 0.3 is 0 Å². The van der Waals surface area contributed by atoms with E-state index in [-0.39, 0.29) is 0 Å². The fraction of sp³-hybridized carbons (Fsp3) is 0.824. The predicted molar refractivity (Wildman–Crippen MR) is 87.0 cm³/mol. The van der Waals surface area contributed by atoms with E-state index in [4.69, 9.17) is 5.10 Å². The molecule has 20 heavy (non-hydrogen) atoms. The first kappa shape index (κ1) is 17.2. The maximum atomic E-state index is 4.74. The van der Waals surface area contributed by atoms with E-state index in [1.807, 2.05) is 0 Å². The van der Waals surface area contributed by atoms with Crippen LogP contribution in [-0.4, -0.2) is 22.9 Å². The van der Waals surface area contributed by atoms with Crippen molar-refractivity contribution in [1.82, 2.24) is 15.1 Å². The Kier molecular flexibility index (Phi) is 7.28. The molecule has 3 nitrogen and oxygen atoms in total. The van der Waals surface area contributed by atoms with Crippen LogP contribution in [0.5, 0.6) is 0 Å². The van der Waals surface area contributed by atoms with Gasteiger partial charge in [-0.1, -0.05) is 34.6 Å². The van der Waals surface area contributed by atoms with E-state index in [9.17, 15) is 0 Å². The second-order valence-electron chi connectivity index (χ2n) is 6.80. The first-order valence-corrected chi connectivity index (χ1v) is 8.18. The normalized spacial score (nSPS) is 15.0. The zero-order valence-corrected chi connectivity index (χ0v) is 14.2. The van der Waals surface area contributed by atoms with Crippen molar-refractivity contribution >= 4 is 0 Å². The Balaban J connectivity index is 2.54. The lowest BCUT2D eigenvalue weighted by Gasteiger charge is -2.21. The average molecular weight is 279 g/mol. The largest absolute Gasteiger partial charge is 0.316 e. The molecule has 0 bridgehead atoms. The smallest absolute Gasteiger partial charge is 0.0628 e. The number of aromatic nitrogens is 2. The highest BCUT2D eigenvalue weighted by Crippen LogP contribution is 2.17. The van der Waals surface area contributed by atoms with Gasteiger partial charge in [0, 0.05) is 12.2 Å². The van der Waals surface area contributed by atoms with E-state index >= 15 is 0 Å². The van der Waals surface area contributed by atoms with Crippen molar-refractivity contribution < 1.29 is 0 Å². The van der Waals surface area contributed by atoms with Crippen molar-refractivity contribution in [3.63, 3.8) is 0 Å². The number of nitrogens with zero attached hydrogens (tertiary/aromatic N) is 2. The molecule has 3 heteroatoms. The monoisotopic (exact) mass is 279 g/mol. The summed E-state index contributed by atoms with van der Waals surface area (Å²) in [6.07, 6.45) is 4.33. The van der Waals surface area contributed by atoms with Gasteiger partial charge in [0.1, 0.15) is 0 Å². The third kappa shape index (κ3) is 5.66. The average Bonchev–Trinajstić information content (AvgIpc) is 2.84. The fourth-order valence-corrected chi connectivity index (χ4v) is 2.29. The molecule has 0 aliphatic heterocycles. The molecule has 0 radical (unpaired) electrons. The Bertz CT molecular complexity index is 368. The fourth-order valence-electron chi connectivity index (χ4n) is 2.29. The van der Waals surface area contributed by atoms with Gasteiger partial charge in [-0.3, -0.25) is 4.68 Å². The van der Waals surface area contributed by atoms with Crippen LogP contribution in [-0.2, 0) is 6.42 Å². The molecule has 1 aromatic rings. The minimum atomic E-state index is 0.500. The molecule has 0 saturated heterocycles. The zero-order valence-electron chi connectivity index (χ0n) is 14.2. The molecule has 116 valence electrons. The van der Waals surface area contributed by atoms with Crippen LogP contribution in [0.25, 0.3) is 0 Å². The van der Waals surface area contributed by atoms with Gasteiger partial charge in [-0.25, -0.2) is 0 Å². The van der Waals surface area contributed by atoms with E-state index in [1.165, 1.54) is 5.69 Å². The molecule has 2 atom stereocenters. The standard InChI is InChI=1S/C17H33N3/c1-7-15(6)20-9-8-17(19-20)10-16(14(4)5)12-18-11-13(2)3/h8-9,13-16,18H,7,10-12H2,1-6H3. The third-order valence-corrected chi connectivity index (χ3v) is 4.08. The van der Waals surface area contributed by atoms with Crippen molar-refractivity contribution in [3.05, 3.63) is 18.0 Å². The maximum Gasteiger partial charge on any atom is 0.0628 e. The van der Waals surface area contributed by atoms with Crippen LogP contribution >= 0.6 is 0 Å². The lowest BCUT2D eigenvalue weighted by molar-refractivity contribution is 0.347. The number of nitrogens with one attached hydrogen (secondary N) is 1. The molecule has 0 aliphatic carbocycles. The Morgan fingerprint density at radius 3 is 2.40 bits per heavy atom. The first-order chi connectivity index (χ1) is 9.43. The Morgan fingerprint density at radius 1 is 1.15 bits per heavy atom. The van der Waals surface area contributed by atoms with E-state index in [2.05, 4.69) is 63.8 Å². The topological polar surface area (TPSA) is 29.9 Å². The lowest BCUT2D eigenvalue weighted by Crippen LogP contribution is -2.30. The summed E-state index contributed by atoms with van der Waals surface area (Å²) in [7, 11) is 0. The molecule has 1 rings (SSSR count). The van der Waals surface area contributed by atoms with Gasteiger partial charge in [0.05, 0.1) is 5.69 Å². The van der Waals surface area contributed by atoms with Gasteiger partial charge in [0.25, 0.3) is 0 Å². The molecule has 1 heterocycles. The van der Waals surface area contributed by atoms with Gasteiger partial charge < -0.3 is 5.32 Å². The number of hydrogen-bond acceptors (Lipinski definition) is 2. The summed E-state index contributed by atoms with van der Waals surface area (Å²) in [5.74, 6) is 2.06. The highest BCUT2D eigenvalue weighted by Gasteiger charge is 2.16. The summed E-state index contributed by atoms with van der Waals surface area (Å²) in [4.78, 5) is 0. The lowest BCUT2D eigenvalue weighted by atomic mass is 9.91. The van der Waals surface area contributed by atoms with Crippen LogP contribution in [0.15, 0.2) is 12.3 Å². The highest BCUT2D eigenvalue weighted by molar-refractivity contribution is 5.01. The second kappa shape index (κ2) is 8.46. The van der Waals surface area contributed by atoms with Gasteiger partial charge in [0.15, 0.2) is 0 Å². The molecule has 1 aromatic heterocycles. The third-order valence-electron chi connectivity index (χ3n) is 4.08. The summed E-state index contributed by atoms with van der Waals surface area (Å²) < 4.78 is 2.11. The minimum Gasteiger partial charge on any atom is -0.316 e. The van der Waals surface area contributed by atoms with E-state index in [0.717, 1.165) is 25.9 Å². The maximum absolute atomic E-state index is 4.74. The Labute approximate surface area is 125 Å². The SMILES string of the molecule is CCC(C)n1ccc(CC(CNCC(C)C)C(C)C)n1. The van der Waals surface area contributed by atoms with Gasteiger partial charge in [-0.15, -0.1) is 0 Å². The summed E-state index contributed by atoms with van der Waals surface area (Å²) in [6.45, 7) is 15.8. The molecular formula is C17H33N3. The van der Waals surface area contributed by atoms with Gasteiger partial charge in [0.2, 0.25) is 0 Å². The van der Waals surface area contributed by atoms with Crippen molar-refractivity contribution in [3.8, 4) is 0 Å². The van der Waals surface area contributed by atoms with Crippen LogP contribution in [0.1, 0.15) is 59.7 Å². The summed E-state index contributed by atoms with van der Waals surface area (Å²) in [6, 6.07) is 2.68. The Hall–Kier alpha value is -0.830. The van der Waals surface area contributed by atoms with Crippen molar-refractivity contribution in [2.24, 2.45) is 17.8 Å².